The van der Waals surface area contributed by atoms with Gasteiger partial charge in [-0.3, -0.25) is 0 Å². The van der Waals surface area contributed by atoms with Crippen molar-refractivity contribution in [2.75, 3.05) is 13.1 Å². The molecule has 0 bridgehead atoms. The topological polar surface area (TPSA) is 73.7 Å². The fourth-order valence-electron chi connectivity index (χ4n) is 1.98. The third-order valence-electron chi connectivity index (χ3n) is 2.91. The van der Waals surface area contributed by atoms with E-state index in [1.165, 1.54) is 0 Å². The molecule has 1 heterocycles. The number of hydrazone groups is 1. The lowest BCUT2D eigenvalue weighted by Gasteiger charge is -2.12. The SMILES string of the molecule is O=C(O)NCCC1CNN=C1c1ccc(Cl)c(Cl)c1. The van der Waals surface area contributed by atoms with Gasteiger partial charge in [-0.1, -0.05) is 29.3 Å². The van der Waals surface area contributed by atoms with Crippen LogP contribution < -0.4 is 10.7 Å². The highest BCUT2D eigenvalue weighted by Gasteiger charge is 2.23. The van der Waals surface area contributed by atoms with Gasteiger partial charge in [0, 0.05) is 19.0 Å². The molecule has 5 nitrogen and oxygen atoms in total. The highest BCUT2D eigenvalue weighted by Crippen LogP contribution is 2.25. The zero-order valence-corrected chi connectivity index (χ0v) is 11.5. The molecular formula is C12H13Cl2N3O2. The number of nitrogens with one attached hydrogen (secondary N) is 2. The summed E-state index contributed by atoms with van der Waals surface area (Å²) in [4.78, 5) is 10.4. The Labute approximate surface area is 120 Å². The Morgan fingerprint density at radius 1 is 1.47 bits per heavy atom. The largest absolute Gasteiger partial charge is 0.465 e. The van der Waals surface area contributed by atoms with Gasteiger partial charge in [0.15, 0.2) is 0 Å². The van der Waals surface area contributed by atoms with Gasteiger partial charge < -0.3 is 15.8 Å². The Morgan fingerprint density at radius 3 is 2.95 bits per heavy atom. The van der Waals surface area contributed by atoms with Crippen LogP contribution in [-0.4, -0.2) is 30.0 Å². The molecule has 3 N–H and O–H groups in total. The maximum absolute atomic E-state index is 10.4. The third-order valence-corrected chi connectivity index (χ3v) is 3.65. The summed E-state index contributed by atoms with van der Waals surface area (Å²) >= 11 is 11.9. The van der Waals surface area contributed by atoms with Crippen molar-refractivity contribution in [1.82, 2.24) is 10.7 Å². The Kier molecular flexibility index (Phi) is 4.50. The number of halogens is 2. The summed E-state index contributed by atoms with van der Waals surface area (Å²) in [6.45, 7) is 1.08. The number of carbonyl (C=O) groups is 1. The van der Waals surface area contributed by atoms with E-state index in [4.69, 9.17) is 28.3 Å². The Balaban J connectivity index is 2.05. The van der Waals surface area contributed by atoms with Gasteiger partial charge in [0.25, 0.3) is 0 Å². The van der Waals surface area contributed by atoms with Crippen LogP contribution in [0.3, 0.4) is 0 Å². The zero-order valence-electron chi connectivity index (χ0n) is 9.99. The minimum absolute atomic E-state index is 0.157. The van der Waals surface area contributed by atoms with Crippen LogP contribution >= 0.6 is 23.2 Å². The van der Waals surface area contributed by atoms with Gasteiger partial charge in [0.1, 0.15) is 0 Å². The van der Waals surface area contributed by atoms with Crippen molar-refractivity contribution in [1.29, 1.82) is 0 Å². The van der Waals surface area contributed by atoms with E-state index in [0.717, 1.165) is 11.3 Å². The van der Waals surface area contributed by atoms with E-state index in [1.54, 1.807) is 12.1 Å². The second-order valence-corrected chi connectivity index (χ2v) is 5.02. The average Bonchev–Trinajstić information content (AvgIpc) is 2.80. The molecule has 1 amide bonds. The van der Waals surface area contributed by atoms with Gasteiger partial charge in [-0.05, 0) is 24.1 Å². The van der Waals surface area contributed by atoms with E-state index in [1.807, 2.05) is 6.07 Å². The number of nitrogens with zero attached hydrogens (tertiary/aromatic N) is 1. The molecule has 7 heteroatoms. The van der Waals surface area contributed by atoms with Crippen LogP contribution in [0.2, 0.25) is 10.0 Å². The van der Waals surface area contributed by atoms with Gasteiger partial charge in [0.05, 0.1) is 15.8 Å². The van der Waals surface area contributed by atoms with Crippen LogP contribution in [0.15, 0.2) is 23.3 Å². The molecule has 2 rings (SSSR count). The molecule has 0 saturated heterocycles. The first kappa shape index (κ1) is 14.0. The maximum Gasteiger partial charge on any atom is 0.404 e. The van der Waals surface area contributed by atoms with Crippen molar-refractivity contribution in [3.8, 4) is 0 Å². The van der Waals surface area contributed by atoms with Crippen molar-refractivity contribution in [3.63, 3.8) is 0 Å². The lowest BCUT2D eigenvalue weighted by molar-refractivity contribution is 0.194. The summed E-state index contributed by atoms with van der Waals surface area (Å²) in [5.41, 5.74) is 4.71. The molecule has 1 unspecified atom stereocenters. The number of rotatable bonds is 4. The molecule has 1 aliphatic rings. The van der Waals surface area contributed by atoms with Crippen molar-refractivity contribution < 1.29 is 9.90 Å². The Bertz CT molecular complexity index is 520. The summed E-state index contributed by atoms with van der Waals surface area (Å²) in [6.07, 6.45) is -0.336. The smallest absolute Gasteiger partial charge is 0.404 e. The van der Waals surface area contributed by atoms with Crippen molar-refractivity contribution in [3.05, 3.63) is 33.8 Å². The molecule has 0 aromatic heterocycles. The van der Waals surface area contributed by atoms with Gasteiger partial charge in [-0.2, -0.15) is 5.10 Å². The van der Waals surface area contributed by atoms with E-state index in [9.17, 15) is 4.79 Å². The molecule has 1 aliphatic heterocycles. The molecule has 0 saturated carbocycles. The second kappa shape index (κ2) is 6.12. The predicted octanol–water partition coefficient (Wildman–Crippen LogP) is 2.57. The highest BCUT2D eigenvalue weighted by atomic mass is 35.5. The van der Waals surface area contributed by atoms with E-state index in [0.29, 0.717) is 29.6 Å². The molecule has 1 atom stereocenters. The van der Waals surface area contributed by atoms with E-state index >= 15 is 0 Å². The molecule has 19 heavy (non-hydrogen) atoms. The van der Waals surface area contributed by atoms with Crippen LogP contribution in [-0.2, 0) is 0 Å². The lowest BCUT2D eigenvalue weighted by Crippen LogP contribution is -2.27. The molecule has 0 aliphatic carbocycles. The number of hydrogen-bond acceptors (Lipinski definition) is 3. The van der Waals surface area contributed by atoms with Crippen molar-refractivity contribution in [2.24, 2.45) is 11.0 Å². The van der Waals surface area contributed by atoms with Crippen LogP contribution in [0.25, 0.3) is 0 Å². The average molecular weight is 302 g/mol. The molecule has 1 aromatic carbocycles. The first-order chi connectivity index (χ1) is 9.08. The predicted molar refractivity (Wildman–Crippen MR) is 75.1 cm³/mol. The molecule has 0 radical (unpaired) electrons. The maximum atomic E-state index is 10.4. The number of hydrogen-bond donors (Lipinski definition) is 3. The normalized spacial score (nSPS) is 17.8. The minimum Gasteiger partial charge on any atom is -0.465 e. The van der Waals surface area contributed by atoms with Crippen LogP contribution in [0, 0.1) is 5.92 Å². The molecular weight excluding hydrogens is 289 g/mol. The molecule has 1 aromatic rings. The Morgan fingerprint density at radius 2 is 2.26 bits per heavy atom. The fourth-order valence-corrected chi connectivity index (χ4v) is 2.27. The number of carboxylic acid groups (broad SMARTS) is 1. The van der Waals surface area contributed by atoms with Crippen molar-refractivity contribution >= 4 is 35.0 Å². The van der Waals surface area contributed by atoms with E-state index in [2.05, 4.69) is 15.8 Å². The third kappa shape index (κ3) is 3.52. The summed E-state index contributed by atoms with van der Waals surface area (Å²) < 4.78 is 0. The standard InChI is InChI=1S/C12H13Cl2N3O2/c13-9-2-1-7(5-10(9)14)11-8(6-16-17-11)3-4-15-12(18)19/h1-2,5,8,15-16H,3-4,6H2,(H,18,19). The second-order valence-electron chi connectivity index (χ2n) is 4.21. The summed E-state index contributed by atoms with van der Waals surface area (Å²) in [5, 5.41) is 16.1. The van der Waals surface area contributed by atoms with Gasteiger partial charge in [-0.15, -0.1) is 0 Å². The van der Waals surface area contributed by atoms with Crippen LogP contribution in [0.1, 0.15) is 12.0 Å². The van der Waals surface area contributed by atoms with Gasteiger partial charge in [0.2, 0.25) is 0 Å². The summed E-state index contributed by atoms with van der Waals surface area (Å²) in [6, 6.07) is 5.36. The van der Waals surface area contributed by atoms with Crippen molar-refractivity contribution in [2.45, 2.75) is 6.42 Å². The monoisotopic (exact) mass is 301 g/mol. The first-order valence-corrected chi connectivity index (χ1v) is 6.56. The van der Waals surface area contributed by atoms with Crippen LogP contribution in [0.4, 0.5) is 4.79 Å². The van der Waals surface area contributed by atoms with E-state index < -0.39 is 6.09 Å². The molecule has 0 spiro atoms. The Hall–Kier alpha value is -1.46. The highest BCUT2D eigenvalue weighted by molar-refractivity contribution is 6.42. The number of amides is 1. The van der Waals surface area contributed by atoms with Gasteiger partial charge >= 0.3 is 6.09 Å². The zero-order chi connectivity index (χ0) is 13.8. The quantitative estimate of drug-likeness (QED) is 0.800. The molecule has 0 fully saturated rings. The van der Waals surface area contributed by atoms with E-state index in [-0.39, 0.29) is 5.92 Å². The first-order valence-electron chi connectivity index (χ1n) is 5.80. The minimum atomic E-state index is -1.01. The fraction of sp³-hybridized carbons (Fsp3) is 0.333. The molecule has 102 valence electrons. The summed E-state index contributed by atoms with van der Waals surface area (Å²) in [7, 11) is 0. The summed E-state index contributed by atoms with van der Waals surface area (Å²) in [5.74, 6) is 0.157. The lowest BCUT2D eigenvalue weighted by atomic mass is 9.95. The van der Waals surface area contributed by atoms with Gasteiger partial charge in [-0.25, -0.2) is 4.79 Å². The number of benzene rings is 1. The van der Waals surface area contributed by atoms with Crippen LogP contribution in [0.5, 0.6) is 0 Å².